The van der Waals surface area contributed by atoms with Crippen LogP contribution in [0.1, 0.15) is 25.8 Å². The number of ether oxygens (including phenoxy) is 1. The molecular weight excluding hydrogens is 358 g/mol. The van der Waals surface area contributed by atoms with Crippen molar-refractivity contribution in [2.24, 2.45) is 0 Å². The topological polar surface area (TPSA) is 64.9 Å². The first-order valence-corrected chi connectivity index (χ1v) is 10.1. The molecule has 2 aromatic carbocycles. The van der Waals surface area contributed by atoms with Gasteiger partial charge in [-0.1, -0.05) is 48.2 Å². The number of nitrogens with one attached hydrogen (secondary N) is 1. The molecule has 0 radical (unpaired) electrons. The normalized spacial score (nSPS) is 11.1. The maximum absolute atomic E-state index is 5.86. The molecule has 0 fully saturated rings. The highest BCUT2D eigenvalue weighted by Crippen LogP contribution is 2.20. The second kappa shape index (κ2) is 10.1. The van der Waals surface area contributed by atoms with Crippen molar-refractivity contribution in [2.75, 3.05) is 12.3 Å². The van der Waals surface area contributed by atoms with Crippen molar-refractivity contribution in [3.8, 4) is 11.4 Å². The van der Waals surface area contributed by atoms with E-state index in [1.54, 1.807) is 16.4 Å². The molecular formula is C20H25N5OS. The molecule has 1 heterocycles. The summed E-state index contributed by atoms with van der Waals surface area (Å²) in [5.41, 5.74) is 2.16. The fraction of sp³-hybridized carbons (Fsp3) is 0.350. The van der Waals surface area contributed by atoms with Gasteiger partial charge in [0.05, 0.1) is 11.8 Å². The van der Waals surface area contributed by atoms with Crippen molar-refractivity contribution < 1.29 is 4.74 Å². The molecule has 0 aliphatic rings. The minimum Gasteiger partial charge on any atom is -0.491 e. The lowest BCUT2D eigenvalue weighted by Crippen LogP contribution is -2.17. The SMILES string of the molecule is CC(C)Oc1ccccc1CNCCCSc1nnnn1-c1ccccc1. The lowest BCUT2D eigenvalue weighted by Gasteiger charge is -2.14. The Bertz CT molecular complexity index is 822. The summed E-state index contributed by atoms with van der Waals surface area (Å²) in [7, 11) is 0. The van der Waals surface area contributed by atoms with Crippen molar-refractivity contribution in [1.29, 1.82) is 0 Å². The largest absolute Gasteiger partial charge is 0.491 e. The van der Waals surface area contributed by atoms with Gasteiger partial charge in [0.1, 0.15) is 5.75 Å². The molecule has 0 unspecified atom stereocenters. The van der Waals surface area contributed by atoms with E-state index in [1.165, 1.54) is 5.56 Å². The Hall–Kier alpha value is -2.38. The summed E-state index contributed by atoms with van der Waals surface area (Å²) in [5, 5.41) is 16.3. The van der Waals surface area contributed by atoms with Gasteiger partial charge in [0.15, 0.2) is 0 Å². The second-order valence-corrected chi connectivity index (χ2v) is 7.42. The van der Waals surface area contributed by atoms with E-state index < -0.39 is 0 Å². The van der Waals surface area contributed by atoms with E-state index in [4.69, 9.17) is 4.74 Å². The number of thioether (sulfide) groups is 1. The predicted octanol–water partition coefficient (Wildman–Crippen LogP) is 3.72. The minimum atomic E-state index is 0.179. The molecule has 27 heavy (non-hydrogen) atoms. The molecule has 0 bridgehead atoms. The molecule has 0 saturated heterocycles. The molecule has 3 aromatic rings. The Balaban J connectivity index is 1.42. The average molecular weight is 384 g/mol. The zero-order chi connectivity index (χ0) is 18.9. The Morgan fingerprint density at radius 2 is 1.85 bits per heavy atom. The zero-order valence-corrected chi connectivity index (χ0v) is 16.5. The zero-order valence-electron chi connectivity index (χ0n) is 15.7. The fourth-order valence-electron chi connectivity index (χ4n) is 2.60. The molecule has 0 saturated carbocycles. The molecule has 6 nitrogen and oxygen atoms in total. The maximum atomic E-state index is 5.86. The summed E-state index contributed by atoms with van der Waals surface area (Å²) in [6, 6.07) is 18.1. The molecule has 0 aliphatic carbocycles. The van der Waals surface area contributed by atoms with Crippen LogP contribution < -0.4 is 10.1 Å². The minimum absolute atomic E-state index is 0.179. The summed E-state index contributed by atoms with van der Waals surface area (Å²) in [5.74, 6) is 1.90. The number of hydrogen-bond donors (Lipinski definition) is 1. The van der Waals surface area contributed by atoms with Gasteiger partial charge >= 0.3 is 0 Å². The van der Waals surface area contributed by atoms with E-state index in [0.29, 0.717) is 0 Å². The highest BCUT2D eigenvalue weighted by Gasteiger charge is 2.08. The van der Waals surface area contributed by atoms with E-state index in [-0.39, 0.29) is 6.10 Å². The number of hydrogen-bond acceptors (Lipinski definition) is 6. The lowest BCUT2D eigenvalue weighted by molar-refractivity contribution is 0.239. The van der Waals surface area contributed by atoms with Gasteiger partial charge in [0.25, 0.3) is 0 Å². The third-order valence-corrected chi connectivity index (χ3v) is 4.83. The van der Waals surface area contributed by atoms with E-state index in [0.717, 1.165) is 41.9 Å². The molecule has 1 N–H and O–H groups in total. The van der Waals surface area contributed by atoms with Gasteiger partial charge in [-0.05, 0) is 55.4 Å². The lowest BCUT2D eigenvalue weighted by atomic mass is 10.2. The molecule has 0 aliphatic heterocycles. The first-order chi connectivity index (χ1) is 13.2. The van der Waals surface area contributed by atoms with Crippen LogP contribution in [0.15, 0.2) is 59.8 Å². The quantitative estimate of drug-likeness (QED) is 0.425. The van der Waals surface area contributed by atoms with Gasteiger partial charge in [0, 0.05) is 17.9 Å². The highest BCUT2D eigenvalue weighted by atomic mass is 32.2. The first kappa shape index (κ1) is 19.4. The summed E-state index contributed by atoms with van der Waals surface area (Å²) >= 11 is 1.67. The van der Waals surface area contributed by atoms with Gasteiger partial charge < -0.3 is 10.1 Å². The standard InChI is InChI=1S/C20H25N5OS/c1-16(2)26-19-12-7-6-9-17(19)15-21-13-8-14-27-20-22-23-24-25(20)18-10-4-3-5-11-18/h3-7,9-12,16,21H,8,13-15H2,1-2H3. The predicted molar refractivity (Wildman–Crippen MR) is 108 cm³/mol. The molecule has 1 aromatic heterocycles. The van der Waals surface area contributed by atoms with Crippen LogP contribution in [-0.2, 0) is 6.54 Å². The number of para-hydroxylation sites is 2. The number of nitrogens with zero attached hydrogens (tertiary/aromatic N) is 4. The third kappa shape index (κ3) is 5.80. The third-order valence-electron chi connectivity index (χ3n) is 3.82. The fourth-order valence-corrected chi connectivity index (χ4v) is 3.43. The smallest absolute Gasteiger partial charge is 0.214 e. The summed E-state index contributed by atoms with van der Waals surface area (Å²) in [4.78, 5) is 0. The van der Waals surface area contributed by atoms with Crippen LogP contribution in [0, 0.1) is 0 Å². The maximum Gasteiger partial charge on any atom is 0.214 e. The molecule has 142 valence electrons. The van der Waals surface area contributed by atoms with E-state index in [1.807, 2.05) is 62.4 Å². The van der Waals surface area contributed by atoms with Gasteiger partial charge in [-0.25, -0.2) is 0 Å². The molecule has 3 rings (SSSR count). The summed E-state index contributed by atoms with van der Waals surface area (Å²) in [6.07, 6.45) is 1.21. The number of tetrazole rings is 1. The molecule has 0 spiro atoms. The van der Waals surface area contributed by atoms with E-state index in [9.17, 15) is 0 Å². The Morgan fingerprint density at radius 3 is 2.67 bits per heavy atom. The van der Waals surface area contributed by atoms with Crippen LogP contribution in [0.25, 0.3) is 5.69 Å². The van der Waals surface area contributed by atoms with Gasteiger partial charge in [-0.15, -0.1) is 5.10 Å². The van der Waals surface area contributed by atoms with Crippen LogP contribution in [-0.4, -0.2) is 38.6 Å². The van der Waals surface area contributed by atoms with Crippen molar-refractivity contribution in [1.82, 2.24) is 25.5 Å². The van der Waals surface area contributed by atoms with Crippen LogP contribution >= 0.6 is 11.8 Å². The van der Waals surface area contributed by atoms with Crippen LogP contribution in [0.3, 0.4) is 0 Å². The van der Waals surface area contributed by atoms with Crippen LogP contribution in [0.4, 0.5) is 0 Å². The van der Waals surface area contributed by atoms with E-state index in [2.05, 4.69) is 26.9 Å². The van der Waals surface area contributed by atoms with Crippen LogP contribution in [0.2, 0.25) is 0 Å². The monoisotopic (exact) mass is 383 g/mol. The Kier molecular flexibility index (Phi) is 7.24. The van der Waals surface area contributed by atoms with Gasteiger partial charge in [-0.2, -0.15) is 4.68 Å². The first-order valence-electron chi connectivity index (χ1n) is 9.16. The molecule has 7 heteroatoms. The Morgan fingerprint density at radius 1 is 1.07 bits per heavy atom. The van der Waals surface area contributed by atoms with Crippen molar-refractivity contribution >= 4 is 11.8 Å². The van der Waals surface area contributed by atoms with E-state index >= 15 is 0 Å². The second-order valence-electron chi connectivity index (χ2n) is 6.36. The summed E-state index contributed by atoms with van der Waals surface area (Å²) < 4.78 is 7.63. The average Bonchev–Trinajstić information content (AvgIpc) is 3.14. The Labute approximate surface area is 164 Å². The van der Waals surface area contributed by atoms with Crippen LogP contribution in [0.5, 0.6) is 5.75 Å². The summed E-state index contributed by atoms with van der Waals surface area (Å²) in [6.45, 7) is 5.82. The van der Waals surface area contributed by atoms with Gasteiger partial charge in [-0.3, -0.25) is 0 Å². The molecule has 0 atom stereocenters. The number of benzene rings is 2. The molecule has 0 amide bonds. The van der Waals surface area contributed by atoms with Crippen molar-refractivity contribution in [2.45, 2.75) is 38.1 Å². The van der Waals surface area contributed by atoms with Crippen molar-refractivity contribution in [3.05, 3.63) is 60.2 Å². The van der Waals surface area contributed by atoms with Gasteiger partial charge in [0.2, 0.25) is 5.16 Å². The van der Waals surface area contributed by atoms with Crippen molar-refractivity contribution in [3.63, 3.8) is 0 Å². The number of rotatable bonds is 10. The number of aromatic nitrogens is 4. The highest BCUT2D eigenvalue weighted by molar-refractivity contribution is 7.99.